The molecule has 1 heterocycles. The summed E-state index contributed by atoms with van der Waals surface area (Å²) in [6.07, 6.45) is 0.633. The van der Waals surface area contributed by atoms with Crippen molar-refractivity contribution in [1.29, 1.82) is 0 Å². The van der Waals surface area contributed by atoms with E-state index in [9.17, 15) is 19.2 Å². The lowest BCUT2D eigenvalue weighted by Gasteiger charge is -2.28. The van der Waals surface area contributed by atoms with Crippen LogP contribution in [0.25, 0.3) is 0 Å². The highest BCUT2D eigenvalue weighted by Crippen LogP contribution is 2.43. The van der Waals surface area contributed by atoms with Crippen LogP contribution >= 0.6 is 46.4 Å². The molecule has 1 saturated carbocycles. The third-order valence-electron chi connectivity index (χ3n) is 5.79. The van der Waals surface area contributed by atoms with Crippen molar-refractivity contribution in [3.63, 3.8) is 0 Å². The number of nitrogens with one attached hydrogen (secondary N) is 1. The van der Waals surface area contributed by atoms with Crippen molar-refractivity contribution in [3.05, 3.63) is 58.1 Å². The Morgan fingerprint density at radius 2 is 1.59 bits per heavy atom. The number of esters is 1. The van der Waals surface area contributed by atoms with Crippen LogP contribution in [0.2, 0.25) is 10.0 Å². The van der Waals surface area contributed by atoms with Gasteiger partial charge < -0.3 is 10.1 Å². The Kier molecular flexibility index (Phi) is 7.38. The number of anilines is 2. The molecule has 0 aromatic heterocycles. The topological polar surface area (TPSA) is 92.8 Å². The van der Waals surface area contributed by atoms with E-state index in [4.69, 9.17) is 51.1 Å². The second-order valence-electron chi connectivity index (χ2n) is 8.03. The maximum atomic E-state index is 12.9. The number of benzene rings is 2. The van der Waals surface area contributed by atoms with Gasteiger partial charge in [-0.1, -0.05) is 29.3 Å². The second-order valence-corrected chi connectivity index (χ2v) is 9.97. The van der Waals surface area contributed by atoms with Gasteiger partial charge in [-0.25, -0.2) is 4.79 Å². The average molecular weight is 544 g/mol. The summed E-state index contributed by atoms with van der Waals surface area (Å²) < 4.78 is 5.08. The number of hydrogen-bond acceptors (Lipinski definition) is 5. The van der Waals surface area contributed by atoms with Gasteiger partial charge in [0.05, 0.1) is 43.9 Å². The normalized spacial score (nSPS) is 24.1. The molecule has 1 aliphatic carbocycles. The van der Waals surface area contributed by atoms with E-state index in [-0.39, 0.29) is 28.1 Å². The number of halogens is 4. The molecule has 2 aromatic rings. The molecule has 0 radical (unpaired) electrons. The predicted molar refractivity (Wildman–Crippen MR) is 130 cm³/mol. The number of carbonyl (C=O) groups excluding carboxylic acids is 4. The summed E-state index contributed by atoms with van der Waals surface area (Å²) in [5.74, 6) is -3.17. The molecule has 11 heteroatoms. The zero-order valence-electron chi connectivity index (χ0n) is 17.5. The molecule has 2 fully saturated rings. The van der Waals surface area contributed by atoms with Crippen LogP contribution in [0.5, 0.6) is 0 Å². The Labute approximate surface area is 215 Å². The van der Waals surface area contributed by atoms with Gasteiger partial charge in [-0.3, -0.25) is 19.3 Å². The van der Waals surface area contributed by atoms with Crippen LogP contribution in [0.1, 0.15) is 23.2 Å². The second kappa shape index (κ2) is 10.1. The van der Waals surface area contributed by atoms with E-state index >= 15 is 0 Å². The van der Waals surface area contributed by atoms with Crippen LogP contribution in [0.15, 0.2) is 42.5 Å². The summed E-state index contributed by atoms with van der Waals surface area (Å²) in [4.78, 5) is 51.6. The van der Waals surface area contributed by atoms with Crippen LogP contribution in [-0.4, -0.2) is 41.1 Å². The fourth-order valence-corrected chi connectivity index (χ4v) is 4.99. The van der Waals surface area contributed by atoms with Gasteiger partial charge in [0.2, 0.25) is 11.8 Å². The molecule has 7 nitrogen and oxygen atoms in total. The number of nitrogens with zero attached hydrogens (tertiary/aromatic N) is 1. The number of rotatable bonds is 5. The van der Waals surface area contributed by atoms with Gasteiger partial charge in [-0.05, 0) is 49.2 Å². The minimum atomic E-state index is -0.788. The third-order valence-corrected chi connectivity index (χ3v) is 7.62. The Bertz CT molecular complexity index is 1150. The number of ether oxygens (including phenoxy) is 1. The van der Waals surface area contributed by atoms with Crippen molar-refractivity contribution in [2.24, 2.45) is 11.8 Å². The van der Waals surface area contributed by atoms with Gasteiger partial charge in [-0.15, -0.1) is 23.2 Å². The molecule has 1 aliphatic heterocycles. The molecule has 2 aromatic carbocycles. The van der Waals surface area contributed by atoms with Gasteiger partial charge in [0.25, 0.3) is 5.91 Å². The number of hydrogen-bond donors (Lipinski definition) is 1. The Morgan fingerprint density at radius 1 is 0.941 bits per heavy atom. The van der Waals surface area contributed by atoms with Gasteiger partial charge in [-0.2, -0.15) is 0 Å². The lowest BCUT2D eigenvalue weighted by atomic mass is 9.80. The standard InChI is InChI=1S/C23H18Cl4N2O5/c24-16-5-4-12(7-17(16)25)28-20(30)10-34-23(33)11-2-1-3-13(6-11)29-21(31)14-8-18(26)19(27)9-15(14)22(29)32/h1-7,14-15,18-19H,8-10H2,(H,28,30)/t14-,15+,18+,19-. The number of carbonyl (C=O) groups is 4. The first-order chi connectivity index (χ1) is 16.2. The number of amides is 3. The first-order valence-corrected chi connectivity index (χ1v) is 12.0. The maximum Gasteiger partial charge on any atom is 0.338 e. The van der Waals surface area contributed by atoms with Crippen molar-refractivity contribution in [2.75, 3.05) is 16.8 Å². The number of imide groups is 1. The van der Waals surface area contributed by atoms with E-state index in [1.165, 1.54) is 30.3 Å². The van der Waals surface area contributed by atoms with Gasteiger partial charge in [0, 0.05) is 5.69 Å². The number of alkyl halides is 2. The molecule has 0 unspecified atom stereocenters. The third kappa shape index (κ3) is 5.03. The summed E-state index contributed by atoms with van der Waals surface area (Å²) >= 11 is 24.2. The van der Waals surface area contributed by atoms with E-state index in [0.29, 0.717) is 23.6 Å². The molecule has 1 N–H and O–H groups in total. The molecular formula is C23H18Cl4N2O5. The van der Waals surface area contributed by atoms with Crippen molar-refractivity contribution in [3.8, 4) is 0 Å². The molecule has 4 rings (SSSR count). The highest BCUT2D eigenvalue weighted by atomic mass is 35.5. The summed E-state index contributed by atoms with van der Waals surface area (Å²) in [5, 5.41) is 2.36. The van der Waals surface area contributed by atoms with Gasteiger partial charge in [0.1, 0.15) is 0 Å². The summed E-state index contributed by atoms with van der Waals surface area (Å²) in [6.45, 7) is -0.552. The Morgan fingerprint density at radius 3 is 2.21 bits per heavy atom. The van der Waals surface area contributed by atoms with E-state index in [0.717, 1.165) is 4.90 Å². The zero-order chi connectivity index (χ0) is 24.6. The van der Waals surface area contributed by atoms with Crippen molar-refractivity contribution < 1.29 is 23.9 Å². The van der Waals surface area contributed by atoms with Crippen LogP contribution in [0, 0.1) is 11.8 Å². The molecule has 1 saturated heterocycles. The lowest BCUT2D eigenvalue weighted by Crippen LogP contribution is -2.34. The SMILES string of the molecule is O=C(COC(=O)c1cccc(N2C(=O)[C@H]3C[C@@H](Cl)[C@@H](Cl)C[C@H]3C2=O)c1)Nc1ccc(Cl)c(Cl)c1. The monoisotopic (exact) mass is 542 g/mol. The van der Waals surface area contributed by atoms with Crippen LogP contribution in [-0.2, 0) is 19.1 Å². The summed E-state index contributed by atoms with van der Waals surface area (Å²) in [5.41, 5.74) is 0.723. The summed E-state index contributed by atoms with van der Waals surface area (Å²) in [6, 6.07) is 10.5. The maximum absolute atomic E-state index is 12.9. The Balaban J connectivity index is 1.41. The molecule has 0 bridgehead atoms. The van der Waals surface area contributed by atoms with Crippen molar-refractivity contribution >= 4 is 81.5 Å². The zero-order valence-corrected chi connectivity index (χ0v) is 20.5. The van der Waals surface area contributed by atoms with E-state index in [1.54, 1.807) is 12.1 Å². The highest BCUT2D eigenvalue weighted by Gasteiger charge is 2.52. The molecule has 4 atom stereocenters. The van der Waals surface area contributed by atoms with Crippen LogP contribution in [0.3, 0.4) is 0 Å². The highest BCUT2D eigenvalue weighted by molar-refractivity contribution is 6.42. The first kappa shape index (κ1) is 24.8. The van der Waals surface area contributed by atoms with Crippen LogP contribution in [0.4, 0.5) is 11.4 Å². The van der Waals surface area contributed by atoms with E-state index in [1.807, 2.05) is 0 Å². The van der Waals surface area contributed by atoms with Gasteiger partial charge >= 0.3 is 5.97 Å². The lowest BCUT2D eigenvalue weighted by molar-refractivity contribution is -0.122. The molecule has 178 valence electrons. The quantitative estimate of drug-likeness (QED) is 0.329. The smallest absolute Gasteiger partial charge is 0.338 e. The van der Waals surface area contributed by atoms with Crippen LogP contribution < -0.4 is 10.2 Å². The Hall–Kier alpha value is -2.32. The predicted octanol–water partition coefficient (Wildman–Crippen LogP) is 4.90. The first-order valence-electron chi connectivity index (χ1n) is 10.3. The molecule has 0 spiro atoms. The van der Waals surface area contributed by atoms with Crippen molar-refractivity contribution in [2.45, 2.75) is 23.6 Å². The molecular weight excluding hydrogens is 526 g/mol. The van der Waals surface area contributed by atoms with Crippen molar-refractivity contribution in [1.82, 2.24) is 0 Å². The average Bonchev–Trinajstić information content (AvgIpc) is 3.04. The minimum absolute atomic E-state index is 0.0840. The largest absolute Gasteiger partial charge is 0.452 e. The molecule has 34 heavy (non-hydrogen) atoms. The molecule has 3 amide bonds. The minimum Gasteiger partial charge on any atom is -0.452 e. The molecule has 2 aliphatic rings. The van der Waals surface area contributed by atoms with Gasteiger partial charge in [0.15, 0.2) is 6.61 Å². The van der Waals surface area contributed by atoms with E-state index < -0.39 is 41.1 Å². The summed E-state index contributed by atoms with van der Waals surface area (Å²) in [7, 11) is 0. The fraction of sp³-hybridized carbons (Fsp3) is 0.304. The van der Waals surface area contributed by atoms with E-state index in [2.05, 4.69) is 5.32 Å². The number of fused-ring (bicyclic) bond motifs is 1. The fourth-order valence-electron chi connectivity index (χ4n) is 4.11.